The third kappa shape index (κ3) is 2.84. The second-order valence-electron chi connectivity index (χ2n) is 5.70. The van der Waals surface area contributed by atoms with E-state index in [-0.39, 0.29) is 4.75 Å². The van der Waals surface area contributed by atoms with Crippen LogP contribution in [0.4, 0.5) is 0 Å². The van der Waals surface area contributed by atoms with Gasteiger partial charge >= 0.3 is 0 Å². The summed E-state index contributed by atoms with van der Waals surface area (Å²) in [6.45, 7) is 7.53. The van der Waals surface area contributed by atoms with Gasteiger partial charge in [-0.2, -0.15) is 16.9 Å². The Labute approximate surface area is 129 Å². The number of aromatic nitrogens is 4. The third-order valence-corrected chi connectivity index (χ3v) is 5.04. The largest absolute Gasteiger partial charge is 0.311 e. The van der Waals surface area contributed by atoms with Crippen LogP contribution in [0.3, 0.4) is 0 Å². The van der Waals surface area contributed by atoms with E-state index in [1.807, 2.05) is 23.5 Å². The lowest BCUT2D eigenvalue weighted by molar-refractivity contribution is 0.553. The molecule has 0 saturated heterocycles. The molecule has 0 aliphatic rings. The van der Waals surface area contributed by atoms with Gasteiger partial charge in [-0.15, -0.1) is 11.6 Å². The highest BCUT2D eigenvalue weighted by Gasteiger charge is 2.24. The molecule has 0 unspecified atom stereocenters. The third-order valence-electron chi connectivity index (χ3n) is 3.57. The van der Waals surface area contributed by atoms with Gasteiger partial charge in [0.1, 0.15) is 11.3 Å². The first kappa shape index (κ1) is 15.7. The van der Waals surface area contributed by atoms with Crippen LogP contribution in [0.5, 0.6) is 0 Å². The van der Waals surface area contributed by atoms with Crippen LogP contribution >= 0.6 is 23.4 Å². The van der Waals surface area contributed by atoms with Gasteiger partial charge in [-0.05, 0) is 26.5 Å². The van der Waals surface area contributed by atoms with Crippen LogP contribution in [0.2, 0.25) is 0 Å². The van der Waals surface area contributed by atoms with Crippen molar-refractivity contribution in [1.82, 2.24) is 19.3 Å². The summed E-state index contributed by atoms with van der Waals surface area (Å²) in [5.74, 6) is 1.37. The average molecular weight is 315 g/mol. The zero-order chi connectivity index (χ0) is 14.9. The fourth-order valence-corrected chi connectivity index (χ4v) is 2.87. The van der Waals surface area contributed by atoms with Crippen molar-refractivity contribution in [2.75, 3.05) is 6.26 Å². The number of thioether (sulfide) groups is 1. The molecule has 112 valence electrons. The fraction of sp³-hybridized carbons (Fsp3) is 0.714. The molecule has 2 rings (SSSR count). The van der Waals surface area contributed by atoms with E-state index < -0.39 is 0 Å². The number of aryl methyl sites for hydroxylation is 2. The SMILES string of the molecule is CCCc1nn(C)c2c1nc(CCl)n2CC(C)(C)SC. The molecule has 0 fully saturated rings. The normalized spacial score (nSPS) is 12.5. The lowest BCUT2D eigenvalue weighted by atomic mass is 10.2. The predicted octanol–water partition coefficient (Wildman–Crippen LogP) is 3.60. The molecule has 20 heavy (non-hydrogen) atoms. The zero-order valence-electron chi connectivity index (χ0n) is 12.9. The maximum Gasteiger partial charge on any atom is 0.158 e. The van der Waals surface area contributed by atoms with E-state index in [0.29, 0.717) is 5.88 Å². The average Bonchev–Trinajstić information content (AvgIpc) is 2.89. The minimum atomic E-state index is 0.142. The fourth-order valence-electron chi connectivity index (χ4n) is 2.41. The van der Waals surface area contributed by atoms with Crippen LogP contribution in [0.25, 0.3) is 11.2 Å². The van der Waals surface area contributed by atoms with Gasteiger partial charge in [-0.1, -0.05) is 13.3 Å². The summed E-state index contributed by atoms with van der Waals surface area (Å²) in [6.07, 6.45) is 4.17. The first-order chi connectivity index (χ1) is 9.43. The van der Waals surface area contributed by atoms with Gasteiger partial charge in [0.05, 0.1) is 11.6 Å². The summed E-state index contributed by atoms with van der Waals surface area (Å²) in [6, 6.07) is 0. The molecule has 0 N–H and O–H groups in total. The Balaban J connectivity index is 2.57. The van der Waals surface area contributed by atoms with E-state index in [4.69, 9.17) is 16.6 Å². The first-order valence-corrected chi connectivity index (χ1v) is 8.71. The van der Waals surface area contributed by atoms with Gasteiger partial charge in [0.15, 0.2) is 5.65 Å². The number of alkyl halides is 1. The van der Waals surface area contributed by atoms with Gasteiger partial charge in [0.2, 0.25) is 0 Å². The maximum absolute atomic E-state index is 6.09. The number of fused-ring (bicyclic) bond motifs is 1. The van der Waals surface area contributed by atoms with Crippen molar-refractivity contribution in [3.8, 4) is 0 Å². The van der Waals surface area contributed by atoms with Crippen molar-refractivity contribution < 1.29 is 0 Å². The summed E-state index contributed by atoms with van der Waals surface area (Å²) in [5.41, 5.74) is 3.19. The maximum atomic E-state index is 6.09. The topological polar surface area (TPSA) is 35.6 Å². The molecular formula is C14H23ClN4S. The first-order valence-electron chi connectivity index (χ1n) is 6.95. The quantitative estimate of drug-likeness (QED) is 0.764. The Morgan fingerprint density at radius 1 is 1.35 bits per heavy atom. The van der Waals surface area contributed by atoms with Gasteiger partial charge in [-0.3, -0.25) is 4.68 Å². The van der Waals surface area contributed by atoms with Crippen molar-refractivity contribution in [2.24, 2.45) is 7.05 Å². The van der Waals surface area contributed by atoms with Gasteiger partial charge in [0.25, 0.3) is 0 Å². The molecule has 6 heteroatoms. The number of halogens is 1. The number of hydrogen-bond acceptors (Lipinski definition) is 3. The molecule has 2 heterocycles. The molecule has 0 radical (unpaired) electrons. The van der Waals surface area contributed by atoms with Crippen LogP contribution in [0, 0.1) is 0 Å². The van der Waals surface area contributed by atoms with Crippen LogP contribution in [0.15, 0.2) is 0 Å². The molecular weight excluding hydrogens is 292 g/mol. The smallest absolute Gasteiger partial charge is 0.158 e. The number of nitrogens with zero attached hydrogens (tertiary/aromatic N) is 4. The Bertz CT molecular complexity index is 600. The predicted molar refractivity (Wildman–Crippen MR) is 87.6 cm³/mol. The molecule has 0 aromatic carbocycles. The Morgan fingerprint density at radius 3 is 2.60 bits per heavy atom. The molecule has 0 spiro atoms. The molecule has 0 atom stereocenters. The summed E-state index contributed by atoms with van der Waals surface area (Å²) in [7, 11) is 1.99. The second-order valence-corrected chi connectivity index (χ2v) is 7.48. The summed E-state index contributed by atoms with van der Waals surface area (Å²) in [5, 5.41) is 4.61. The van der Waals surface area contributed by atoms with Crippen LogP contribution in [0.1, 0.15) is 38.7 Å². The van der Waals surface area contributed by atoms with E-state index in [1.54, 1.807) is 0 Å². The molecule has 0 aliphatic heterocycles. The molecule has 0 bridgehead atoms. The van der Waals surface area contributed by atoms with E-state index in [0.717, 1.165) is 42.1 Å². The molecule has 0 aliphatic carbocycles. The highest BCUT2D eigenvalue weighted by Crippen LogP contribution is 2.28. The highest BCUT2D eigenvalue weighted by molar-refractivity contribution is 7.99. The molecule has 0 amide bonds. The lowest BCUT2D eigenvalue weighted by Crippen LogP contribution is -2.24. The number of imidazole rings is 1. The van der Waals surface area contributed by atoms with Gasteiger partial charge < -0.3 is 4.57 Å². The van der Waals surface area contributed by atoms with Gasteiger partial charge in [0, 0.05) is 18.3 Å². The standard InChI is InChI=1S/C14H23ClN4S/c1-6-7-10-12-13(18(4)17-10)19(11(8-15)16-12)9-14(2,3)20-5/h6-9H2,1-5H3. The zero-order valence-corrected chi connectivity index (χ0v) is 14.5. The van der Waals surface area contributed by atoms with E-state index in [1.165, 1.54) is 0 Å². The van der Waals surface area contributed by atoms with Crippen molar-refractivity contribution >= 4 is 34.5 Å². The van der Waals surface area contributed by atoms with Gasteiger partial charge in [-0.25, -0.2) is 4.98 Å². The summed E-state index contributed by atoms with van der Waals surface area (Å²) >= 11 is 7.95. The van der Waals surface area contributed by atoms with Crippen molar-refractivity contribution in [2.45, 2.75) is 50.8 Å². The number of rotatable bonds is 6. The molecule has 2 aromatic heterocycles. The van der Waals surface area contributed by atoms with Crippen LogP contribution < -0.4 is 0 Å². The highest BCUT2D eigenvalue weighted by atomic mass is 35.5. The van der Waals surface area contributed by atoms with Crippen LogP contribution in [-0.4, -0.2) is 30.3 Å². The van der Waals surface area contributed by atoms with Crippen molar-refractivity contribution in [3.63, 3.8) is 0 Å². The van der Waals surface area contributed by atoms with E-state index in [2.05, 4.69) is 36.7 Å². The minimum Gasteiger partial charge on any atom is -0.311 e. The Kier molecular flexibility index (Phi) is 4.69. The number of hydrogen-bond donors (Lipinski definition) is 0. The second kappa shape index (κ2) is 5.98. The monoisotopic (exact) mass is 314 g/mol. The van der Waals surface area contributed by atoms with Crippen LogP contribution in [-0.2, 0) is 25.9 Å². The Morgan fingerprint density at radius 2 is 2.05 bits per heavy atom. The molecule has 0 saturated carbocycles. The van der Waals surface area contributed by atoms with Crippen molar-refractivity contribution in [3.05, 3.63) is 11.5 Å². The van der Waals surface area contributed by atoms with Crippen molar-refractivity contribution in [1.29, 1.82) is 0 Å². The summed E-state index contributed by atoms with van der Waals surface area (Å²) < 4.78 is 4.31. The van der Waals surface area contributed by atoms with E-state index in [9.17, 15) is 0 Å². The summed E-state index contributed by atoms with van der Waals surface area (Å²) in [4.78, 5) is 4.73. The minimum absolute atomic E-state index is 0.142. The van der Waals surface area contributed by atoms with E-state index >= 15 is 0 Å². The lowest BCUT2D eigenvalue weighted by Gasteiger charge is -2.23. The Hall–Kier alpha value is -0.680. The molecule has 4 nitrogen and oxygen atoms in total. The molecule has 2 aromatic rings.